The van der Waals surface area contributed by atoms with Crippen LogP contribution >= 0.6 is 23.1 Å². The molecule has 0 aliphatic carbocycles. The predicted octanol–water partition coefficient (Wildman–Crippen LogP) is 4.40. The van der Waals surface area contributed by atoms with Crippen molar-refractivity contribution in [2.24, 2.45) is 0 Å². The molecule has 0 saturated carbocycles. The predicted molar refractivity (Wildman–Crippen MR) is 134 cm³/mol. The van der Waals surface area contributed by atoms with Gasteiger partial charge in [0.1, 0.15) is 17.9 Å². The van der Waals surface area contributed by atoms with Gasteiger partial charge < -0.3 is 4.90 Å². The van der Waals surface area contributed by atoms with Crippen molar-refractivity contribution in [3.05, 3.63) is 86.5 Å². The Morgan fingerprint density at radius 3 is 2.66 bits per heavy atom. The number of hydrogen-bond donors (Lipinski definition) is 1. The molecule has 32 heavy (non-hydrogen) atoms. The van der Waals surface area contributed by atoms with Gasteiger partial charge in [0.15, 0.2) is 5.16 Å². The zero-order valence-electron chi connectivity index (χ0n) is 18.6. The third-order valence-electron chi connectivity index (χ3n) is 6.04. The minimum Gasteiger partial charge on any atom is -0.326 e. The van der Waals surface area contributed by atoms with Crippen LogP contribution in [0.5, 0.6) is 0 Å². The number of hydrogen-bond acceptors (Lipinski definition) is 4. The van der Waals surface area contributed by atoms with E-state index in [-0.39, 0.29) is 5.56 Å². The first-order chi connectivity index (χ1) is 15.6. The van der Waals surface area contributed by atoms with Gasteiger partial charge in [-0.15, -0.1) is 11.3 Å². The average molecular weight is 463 g/mol. The molecule has 164 valence electrons. The van der Waals surface area contributed by atoms with Gasteiger partial charge in [-0.3, -0.25) is 9.36 Å². The lowest BCUT2D eigenvalue weighted by molar-refractivity contribution is -0.929. The fourth-order valence-corrected chi connectivity index (χ4v) is 6.60. The van der Waals surface area contributed by atoms with Crippen LogP contribution in [0.2, 0.25) is 0 Å². The summed E-state index contributed by atoms with van der Waals surface area (Å²) >= 11 is 3.40. The molecule has 0 bridgehead atoms. The molecule has 0 saturated heterocycles. The smallest absolute Gasteiger partial charge is 0.267 e. The molecular weight excluding hydrogens is 434 g/mol. The largest absolute Gasteiger partial charge is 0.326 e. The van der Waals surface area contributed by atoms with Crippen LogP contribution in [0.15, 0.2) is 64.5 Å². The number of nitrogens with one attached hydrogen (secondary N) is 1. The van der Waals surface area contributed by atoms with Crippen molar-refractivity contribution in [2.75, 3.05) is 12.3 Å². The van der Waals surface area contributed by atoms with Gasteiger partial charge in [0.05, 0.1) is 22.5 Å². The molecule has 1 aliphatic rings. The first-order valence-corrected chi connectivity index (χ1v) is 13.1. The minimum atomic E-state index is 0.0847. The fraction of sp³-hybridized carbons (Fsp3) is 0.308. The lowest BCUT2D eigenvalue weighted by Gasteiger charge is -2.24. The molecular formula is C26H28N3OS2+. The molecule has 4 nitrogen and oxygen atoms in total. The van der Waals surface area contributed by atoms with Crippen molar-refractivity contribution >= 4 is 33.3 Å². The average Bonchev–Trinajstić information content (AvgIpc) is 3.17. The summed E-state index contributed by atoms with van der Waals surface area (Å²) in [5.74, 6) is 0.948. The normalized spacial score (nSPS) is 15.8. The van der Waals surface area contributed by atoms with E-state index in [1.54, 1.807) is 28.0 Å². The standard InChI is InChI=1S/C26H27N3OS2/c1-3-15-31-26-27-24-23(25(30)29(26)20-11-9-18(2)10-12-20)21-13-14-28(17-22(21)32-24)16-19-7-5-4-6-8-19/h4-12H,3,13-17H2,1-2H3/p+1. The second-order valence-corrected chi connectivity index (χ2v) is 10.6. The van der Waals surface area contributed by atoms with Crippen LogP contribution in [0.4, 0.5) is 0 Å². The summed E-state index contributed by atoms with van der Waals surface area (Å²) in [6.07, 6.45) is 1.98. The molecule has 1 aliphatic heterocycles. The van der Waals surface area contributed by atoms with Crippen LogP contribution in [0.25, 0.3) is 15.9 Å². The summed E-state index contributed by atoms with van der Waals surface area (Å²) < 4.78 is 1.83. The molecule has 5 rings (SSSR count). The van der Waals surface area contributed by atoms with Gasteiger partial charge in [-0.1, -0.05) is 66.7 Å². The monoisotopic (exact) mass is 462 g/mol. The topological polar surface area (TPSA) is 39.3 Å². The van der Waals surface area contributed by atoms with E-state index in [4.69, 9.17) is 4.98 Å². The summed E-state index contributed by atoms with van der Waals surface area (Å²) in [5, 5.41) is 1.64. The number of benzene rings is 2. The van der Waals surface area contributed by atoms with Crippen LogP contribution in [-0.4, -0.2) is 21.8 Å². The number of aryl methyl sites for hydroxylation is 1. The van der Waals surface area contributed by atoms with Crippen LogP contribution in [0.1, 0.15) is 34.9 Å². The molecule has 0 radical (unpaired) electrons. The molecule has 1 atom stereocenters. The molecule has 0 fully saturated rings. The number of nitrogens with zero attached hydrogens (tertiary/aromatic N) is 2. The van der Waals surface area contributed by atoms with E-state index in [0.29, 0.717) is 0 Å². The zero-order chi connectivity index (χ0) is 22.1. The van der Waals surface area contributed by atoms with E-state index in [1.165, 1.54) is 21.6 Å². The van der Waals surface area contributed by atoms with E-state index < -0.39 is 0 Å². The Morgan fingerprint density at radius 2 is 1.91 bits per heavy atom. The number of thiophene rings is 1. The van der Waals surface area contributed by atoms with Crippen molar-refractivity contribution in [3.8, 4) is 5.69 Å². The van der Waals surface area contributed by atoms with Gasteiger partial charge in [-0.05, 0) is 31.0 Å². The van der Waals surface area contributed by atoms with Crippen molar-refractivity contribution in [3.63, 3.8) is 0 Å². The van der Waals surface area contributed by atoms with Gasteiger partial charge in [0.2, 0.25) is 0 Å². The van der Waals surface area contributed by atoms with E-state index >= 15 is 0 Å². The maximum absolute atomic E-state index is 13.8. The van der Waals surface area contributed by atoms with Crippen LogP contribution in [0.3, 0.4) is 0 Å². The van der Waals surface area contributed by atoms with Gasteiger partial charge >= 0.3 is 0 Å². The second-order valence-electron chi connectivity index (χ2n) is 8.49. The summed E-state index contributed by atoms with van der Waals surface area (Å²) in [6.45, 7) is 7.26. The molecule has 1 unspecified atom stereocenters. The van der Waals surface area contributed by atoms with Crippen molar-refractivity contribution in [1.82, 2.24) is 9.55 Å². The highest BCUT2D eigenvalue weighted by Crippen LogP contribution is 2.32. The third-order valence-corrected chi connectivity index (χ3v) is 8.31. The third kappa shape index (κ3) is 4.15. The Bertz CT molecular complexity index is 1290. The van der Waals surface area contributed by atoms with Crippen LogP contribution in [0, 0.1) is 6.92 Å². The lowest BCUT2D eigenvalue weighted by atomic mass is 10.0. The highest BCUT2D eigenvalue weighted by Gasteiger charge is 2.27. The highest BCUT2D eigenvalue weighted by atomic mass is 32.2. The Kier molecular flexibility index (Phi) is 6.17. The van der Waals surface area contributed by atoms with Gasteiger partial charge in [0.25, 0.3) is 5.56 Å². The minimum absolute atomic E-state index is 0.0847. The number of rotatable bonds is 6. The van der Waals surface area contributed by atoms with Gasteiger partial charge in [-0.2, -0.15) is 0 Å². The Hall–Kier alpha value is -2.41. The van der Waals surface area contributed by atoms with Crippen LogP contribution < -0.4 is 10.5 Å². The number of aromatic nitrogens is 2. The first kappa shape index (κ1) is 21.4. The number of quaternary nitrogens is 1. The van der Waals surface area contributed by atoms with E-state index in [1.807, 2.05) is 16.7 Å². The summed E-state index contributed by atoms with van der Waals surface area (Å²) in [5.41, 5.74) is 4.77. The quantitative estimate of drug-likeness (QED) is 0.341. The maximum atomic E-state index is 13.8. The fourth-order valence-electron chi connectivity index (χ4n) is 4.40. The van der Waals surface area contributed by atoms with E-state index in [9.17, 15) is 4.79 Å². The zero-order valence-corrected chi connectivity index (χ0v) is 20.2. The number of thioether (sulfide) groups is 1. The Balaban J connectivity index is 1.56. The van der Waals surface area contributed by atoms with Gasteiger partial charge in [-0.25, -0.2) is 4.98 Å². The molecule has 3 heterocycles. The molecule has 2 aromatic heterocycles. The molecule has 4 aromatic rings. The van der Waals surface area contributed by atoms with Crippen molar-refractivity contribution < 1.29 is 4.90 Å². The molecule has 0 spiro atoms. The first-order valence-electron chi connectivity index (χ1n) is 11.3. The molecule has 2 aromatic carbocycles. The van der Waals surface area contributed by atoms with Crippen molar-refractivity contribution in [2.45, 2.75) is 44.9 Å². The molecule has 0 amide bonds. The summed E-state index contributed by atoms with van der Waals surface area (Å²) in [7, 11) is 0. The highest BCUT2D eigenvalue weighted by molar-refractivity contribution is 7.99. The van der Waals surface area contributed by atoms with Crippen molar-refractivity contribution in [1.29, 1.82) is 0 Å². The summed E-state index contributed by atoms with van der Waals surface area (Å²) in [6, 6.07) is 18.9. The van der Waals surface area contributed by atoms with E-state index in [2.05, 4.69) is 56.3 Å². The molecule has 1 N–H and O–H groups in total. The molecule has 6 heteroatoms. The second kappa shape index (κ2) is 9.22. The maximum Gasteiger partial charge on any atom is 0.267 e. The van der Waals surface area contributed by atoms with Gasteiger partial charge in [0, 0.05) is 17.7 Å². The summed E-state index contributed by atoms with van der Waals surface area (Å²) in [4.78, 5) is 22.6. The van der Waals surface area contributed by atoms with Crippen LogP contribution in [-0.2, 0) is 19.5 Å². The lowest BCUT2D eigenvalue weighted by Crippen LogP contribution is -3.10. The Labute approximate surface area is 196 Å². The van der Waals surface area contributed by atoms with E-state index in [0.717, 1.165) is 59.3 Å². The SMILES string of the molecule is CCCSc1nc2sc3c(c2c(=O)n1-c1ccc(C)cc1)CC[NH+](Cc1ccccc1)C3. The Morgan fingerprint density at radius 1 is 1.12 bits per heavy atom. The number of fused-ring (bicyclic) bond motifs is 3.